The molecular formula is C19H25F3N4O4. The van der Waals surface area contributed by atoms with E-state index < -0.39 is 23.7 Å². The fourth-order valence-electron chi connectivity index (χ4n) is 3.51. The predicted molar refractivity (Wildman–Crippen MR) is 103 cm³/mol. The fourth-order valence-corrected chi connectivity index (χ4v) is 3.51. The van der Waals surface area contributed by atoms with Crippen LogP contribution < -0.4 is 5.32 Å². The van der Waals surface area contributed by atoms with Gasteiger partial charge in [-0.15, -0.1) is 0 Å². The number of nitro benzene ring substituents is 1. The van der Waals surface area contributed by atoms with Gasteiger partial charge in [0.15, 0.2) is 0 Å². The second kappa shape index (κ2) is 9.88. The molecule has 1 atom stereocenters. The van der Waals surface area contributed by atoms with Crippen LogP contribution in [-0.4, -0.2) is 72.0 Å². The minimum Gasteiger partial charge on any atom is -0.354 e. The quantitative estimate of drug-likeness (QED) is 0.388. The number of carbonyl (C=O) groups excluding carboxylic acids is 2. The number of nitro groups is 1. The summed E-state index contributed by atoms with van der Waals surface area (Å²) in [7, 11) is 1.36. The molecule has 0 aliphatic carbocycles. The molecule has 0 aromatic heterocycles. The molecule has 0 saturated carbocycles. The third-order valence-electron chi connectivity index (χ3n) is 4.92. The lowest BCUT2D eigenvalue weighted by atomic mass is 10.1. The van der Waals surface area contributed by atoms with Crippen LogP contribution in [0.2, 0.25) is 0 Å². The Hall–Kier alpha value is -2.69. The lowest BCUT2D eigenvalue weighted by molar-refractivity contribution is -0.385. The first-order chi connectivity index (χ1) is 14.0. The molecule has 2 amide bonds. The third kappa shape index (κ3) is 6.41. The fraction of sp³-hybridized carbons (Fsp3) is 0.579. The zero-order valence-electron chi connectivity index (χ0n) is 16.9. The molecule has 1 saturated heterocycles. The minimum atomic E-state index is -4.26. The second-order valence-electron chi connectivity index (χ2n) is 7.41. The summed E-state index contributed by atoms with van der Waals surface area (Å²) in [6.07, 6.45) is -2.79. The largest absolute Gasteiger partial charge is 0.401 e. The lowest BCUT2D eigenvalue weighted by Gasteiger charge is -2.24. The van der Waals surface area contributed by atoms with Gasteiger partial charge in [0.05, 0.1) is 11.5 Å². The number of hydrogen-bond acceptors (Lipinski definition) is 5. The van der Waals surface area contributed by atoms with Crippen LogP contribution in [0.1, 0.15) is 35.2 Å². The van der Waals surface area contributed by atoms with Crippen LogP contribution >= 0.6 is 0 Å². The van der Waals surface area contributed by atoms with Crippen molar-refractivity contribution >= 4 is 17.5 Å². The van der Waals surface area contributed by atoms with E-state index in [1.807, 2.05) is 0 Å². The number of alkyl halides is 3. The summed E-state index contributed by atoms with van der Waals surface area (Å²) in [6, 6.07) is 3.41. The first-order valence-corrected chi connectivity index (χ1v) is 9.58. The molecule has 30 heavy (non-hydrogen) atoms. The Morgan fingerprint density at radius 2 is 2.07 bits per heavy atom. The average Bonchev–Trinajstić information content (AvgIpc) is 3.12. The number of carbonyl (C=O) groups is 2. The number of benzene rings is 1. The number of amides is 2. The number of hydrogen-bond donors (Lipinski definition) is 1. The van der Waals surface area contributed by atoms with Crippen molar-refractivity contribution in [3.8, 4) is 0 Å². The number of nitrogens with zero attached hydrogens (tertiary/aromatic N) is 3. The maximum atomic E-state index is 12.8. The smallest absolute Gasteiger partial charge is 0.354 e. The van der Waals surface area contributed by atoms with Gasteiger partial charge in [0.1, 0.15) is 6.04 Å². The summed E-state index contributed by atoms with van der Waals surface area (Å²) in [5, 5.41) is 13.6. The van der Waals surface area contributed by atoms with Crippen molar-refractivity contribution in [3.05, 3.63) is 39.4 Å². The van der Waals surface area contributed by atoms with E-state index in [2.05, 4.69) is 5.32 Å². The molecule has 1 aliphatic heterocycles. The van der Waals surface area contributed by atoms with Crippen molar-refractivity contribution in [2.75, 3.05) is 33.2 Å². The van der Waals surface area contributed by atoms with E-state index in [0.717, 1.165) is 4.90 Å². The number of aryl methyl sites for hydroxylation is 1. The molecule has 166 valence electrons. The van der Waals surface area contributed by atoms with Crippen molar-refractivity contribution in [2.45, 2.75) is 38.4 Å². The predicted octanol–water partition coefficient (Wildman–Crippen LogP) is 2.51. The second-order valence-corrected chi connectivity index (χ2v) is 7.41. The molecule has 0 radical (unpaired) electrons. The molecule has 1 aromatic carbocycles. The highest BCUT2D eigenvalue weighted by atomic mass is 19.4. The zero-order chi connectivity index (χ0) is 22.5. The van der Waals surface area contributed by atoms with E-state index in [0.29, 0.717) is 31.4 Å². The molecule has 0 spiro atoms. The highest BCUT2D eigenvalue weighted by Crippen LogP contribution is 2.24. The van der Waals surface area contributed by atoms with Gasteiger partial charge in [-0.05, 0) is 51.9 Å². The average molecular weight is 430 g/mol. The van der Waals surface area contributed by atoms with Crippen molar-refractivity contribution < 1.29 is 27.7 Å². The van der Waals surface area contributed by atoms with Gasteiger partial charge in [-0.1, -0.05) is 0 Å². The summed E-state index contributed by atoms with van der Waals surface area (Å²) < 4.78 is 36.9. The van der Waals surface area contributed by atoms with Crippen LogP contribution in [0.4, 0.5) is 18.9 Å². The van der Waals surface area contributed by atoms with E-state index in [1.165, 1.54) is 30.1 Å². The Balaban J connectivity index is 1.90. The molecule has 1 heterocycles. The van der Waals surface area contributed by atoms with Crippen molar-refractivity contribution in [2.24, 2.45) is 0 Å². The SMILES string of the molecule is Cc1cc(C(=O)N2CCCC2C(=O)NCCCN(C)CC(F)(F)F)ccc1[N+](=O)[O-]. The monoisotopic (exact) mass is 430 g/mol. The van der Waals surface area contributed by atoms with Gasteiger partial charge < -0.3 is 10.2 Å². The number of likely N-dealkylation sites (tertiary alicyclic amines) is 1. The normalized spacial score (nSPS) is 16.7. The van der Waals surface area contributed by atoms with Crippen LogP contribution in [0.5, 0.6) is 0 Å². The first-order valence-electron chi connectivity index (χ1n) is 9.58. The van der Waals surface area contributed by atoms with Crippen LogP contribution in [0, 0.1) is 17.0 Å². The molecule has 0 bridgehead atoms. The van der Waals surface area contributed by atoms with Gasteiger partial charge in [-0.3, -0.25) is 24.6 Å². The Morgan fingerprint density at radius 3 is 2.67 bits per heavy atom. The Morgan fingerprint density at radius 1 is 1.37 bits per heavy atom. The van der Waals surface area contributed by atoms with E-state index >= 15 is 0 Å². The van der Waals surface area contributed by atoms with E-state index in [1.54, 1.807) is 6.92 Å². The van der Waals surface area contributed by atoms with Crippen LogP contribution in [0.25, 0.3) is 0 Å². The molecule has 1 unspecified atom stereocenters. The molecule has 1 aromatic rings. The molecule has 2 rings (SSSR count). The lowest BCUT2D eigenvalue weighted by Crippen LogP contribution is -2.46. The Kier molecular flexibility index (Phi) is 7.77. The topological polar surface area (TPSA) is 95.8 Å². The highest BCUT2D eigenvalue weighted by molar-refractivity contribution is 5.98. The molecule has 11 heteroatoms. The summed E-state index contributed by atoms with van der Waals surface area (Å²) in [4.78, 5) is 38.3. The standard InChI is InChI=1S/C19H25F3N4O4/c1-13-11-14(6-7-15(13)26(29)30)18(28)25-10-3-5-16(25)17(27)23-8-4-9-24(2)12-19(20,21)22/h6-7,11,16H,3-5,8-10,12H2,1-2H3,(H,23,27). The zero-order valence-corrected chi connectivity index (χ0v) is 16.9. The third-order valence-corrected chi connectivity index (χ3v) is 4.92. The van der Waals surface area contributed by atoms with Crippen molar-refractivity contribution in [1.82, 2.24) is 15.1 Å². The van der Waals surface area contributed by atoms with Gasteiger partial charge in [0.25, 0.3) is 11.6 Å². The van der Waals surface area contributed by atoms with Gasteiger partial charge >= 0.3 is 6.18 Å². The van der Waals surface area contributed by atoms with Crippen LogP contribution in [-0.2, 0) is 4.79 Å². The van der Waals surface area contributed by atoms with E-state index in [-0.39, 0.29) is 36.2 Å². The number of nitrogens with one attached hydrogen (secondary N) is 1. The highest BCUT2D eigenvalue weighted by Gasteiger charge is 2.34. The Bertz CT molecular complexity index is 800. The summed E-state index contributed by atoms with van der Waals surface area (Å²) in [6.45, 7) is 1.30. The maximum Gasteiger partial charge on any atom is 0.401 e. The van der Waals surface area contributed by atoms with Gasteiger partial charge in [0.2, 0.25) is 5.91 Å². The molecular weight excluding hydrogens is 405 g/mol. The number of rotatable bonds is 8. The summed E-state index contributed by atoms with van der Waals surface area (Å²) in [5.41, 5.74) is 0.540. The van der Waals surface area contributed by atoms with E-state index in [4.69, 9.17) is 0 Å². The number of halogens is 3. The van der Waals surface area contributed by atoms with Crippen molar-refractivity contribution in [3.63, 3.8) is 0 Å². The summed E-state index contributed by atoms with van der Waals surface area (Å²) in [5.74, 6) is -0.728. The minimum absolute atomic E-state index is 0.0854. The van der Waals surface area contributed by atoms with Crippen LogP contribution in [0.15, 0.2) is 18.2 Å². The Labute approximate surface area is 172 Å². The summed E-state index contributed by atoms with van der Waals surface area (Å²) >= 11 is 0. The first kappa shape index (κ1) is 23.6. The molecule has 8 nitrogen and oxygen atoms in total. The molecule has 1 N–H and O–H groups in total. The van der Waals surface area contributed by atoms with Crippen LogP contribution in [0.3, 0.4) is 0 Å². The molecule has 1 aliphatic rings. The molecule has 1 fully saturated rings. The van der Waals surface area contributed by atoms with Gasteiger partial charge in [-0.25, -0.2) is 0 Å². The van der Waals surface area contributed by atoms with Gasteiger partial charge in [-0.2, -0.15) is 13.2 Å². The maximum absolute atomic E-state index is 12.8. The van der Waals surface area contributed by atoms with Crippen molar-refractivity contribution in [1.29, 1.82) is 0 Å². The van der Waals surface area contributed by atoms with E-state index in [9.17, 15) is 32.9 Å². The van der Waals surface area contributed by atoms with Gasteiger partial charge in [0, 0.05) is 30.3 Å².